The normalized spacial score (nSPS) is 20.0. The van der Waals surface area contributed by atoms with E-state index in [4.69, 9.17) is 11.6 Å². The highest BCUT2D eigenvalue weighted by Gasteiger charge is 2.23. The molecule has 2 heterocycles. The zero-order valence-electron chi connectivity index (χ0n) is 11.9. The van der Waals surface area contributed by atoms with Crippen LogP contribution in [0.2, 0.25) is 5.02 Å². The highest BCUT2D eigenvalue weighted by Crippen LogP contribution is 2.23. The fourth-order valence-electron chi connectivity index (χ4n) is 2.59. The molecule has 1 unspecified atom stereocenters. The monoisotopic (exact) mass is 281 g/mol. The summed E-state index contributed by atoms with van der Waals surface area (Å²) >= 11 is 5.91. The number of nitrogens with zero attached hydrogens (tertiary/aromatic N) is 2. The lowest BCUT2D eigenvalue weighted by atomic mass is 10.0. The van der Waals surface area contributed by atoms with Gasteiger partial charge in [0.1, 0.15) is 5.82 Å². The molecule has 1 aliphatic rings. The van der Waals surface area contributed by atoms with Crippen molar-refractivity contribution in [3.8, 4) is 0 Å². The minimum absolute atomic E-state index is 0.557. The molecule has 19 heavy (non-hydrogen) atoms. The highest BCUT2D eigenvalue weighted by molar-refractivity contribution is 6.30. The lowest BCUT2D eigenvalue weighted by Gasteiger charge is -2.37. The molecule has 0 spiro atoms. The molecule has 0 radical (unpaired) electrons. The van der Waals surface area contributed by atoms with Crippen molar-refractivity contribution in [2.45, 2.75) is 39.2 Å². The van der Waals surface area contributed by atoms with E-state index in [9.17, 15) is 0 Å². The van der Waals surface area contributed by atoms with E-state index in [0.29, 0.717) is 17.0 Å². The average Bonchev–Trinajstić information content (AvgIpc) is 2.40. The summed E-state index contributed by atoms with van der Waals surface area (Å²) < 4.78 is 0. The minimum Gasteiger partial charge on any atom is -0.352 e. The van der Waals surface area contributed by atoms with Gasteiger partial charge in [-0.15, -0.1) is 0 Å². The number of aromatic nitrogens is 1. The van der Waals surface area contributed by atoms with Crippen molar-refractivity contribution in [2.75, 3.05) is 24.5 Å². The topological polar surface area (TPSA) is 28.2 Å². The van der Waals surface area contributed by atoms with Gasteiger partial charge in [0.2, 0.25) is 0 Å². The zero-order chi connectivity index (χ0) is 13.7. The van der Waals surface area contributed by atoms with Gasteiger partial charge >= 0.3 is 0 Å². The molecule has 1 aromatic rings. The van der Waals surface area contributed by atoms with E-state index in [-0.39, 0.29) is 0 Å². The molecule has 0 saturated carbocycles. The molecule has 1 fully saturated rings. The fourth-order valence-corrected chi connectivity index (χ4v) is 2.70. The van der Waals surface area contributed by atoms with Crippen LogP contribution in [0.5, 0.6) is 0 Å². The van der Waals surface area contributed by atoms with Crippen molar-refractivity contribution >= 4 is 17.4 Å². The maximum atomic E-state index is 5.91. The SMILES string of the molecule is CC(C)CNCC1CCCCN1c1ccc(Cl)cn1. The largest absolute Gasteiger partial charge is 0.352 e. The second-order valence-electron chi connectivity index (χ2n) is 5.73. The number of rotatable bonds is 5. The number of nitrogens with one attached hydrogen (secondary N) is 1. The number of piperidine rings is 1. The maximum Gasteiger partial charge on any atom is 0.128 e. The van der Waals surface area contributed by atoms with E-state index in [1.807, 2.05) is 12.1 Å². The summed E-state index contributed by atoms with van der Waals surface area (Å²) in [6.07, 6.45) is 5.56. The Kier molecular flexibility index (Phi) is 5.46. The lowest BCUT2D eigenvalue weighted by molar-refractivity contribution is 0.420. The van der Waals surface area contributed by atoms with Crippen LogP contribution < -0.4 is 10.2 Å². The summed E-state index contributed by atoms with van der Waals surface area (Å²) in [5.41, 5.74) is 0. The van der Waals surface area contributed by atoms with Crippen molar-refractivity contribution in [1.82, 2.24) is 10.3 Å². The van der Waals surface area contributed by atoms with E-state index >= 15 is 0 Å². The number of halogens is 1. The predicted octanol–water partition coefficient (Wildman–Crippen LogP) is 3.34. The van der Waals surface area contributed by atoms with Gasteiger partial charge in [0.05, 0.1) is 5.02 Å². The Morgan fingerprint density at radius 3 is 2.95 bits per heavy atom. The molecule has 2 rings (SSSR count). The van der Waals surface area contributed by atoms with E-state index < -0.39 is 0 Å². The van der Waals surface area contributed by atoms with Crippen LogP contribution in [0.15, 0.2) is 18.3 Å². The number of anilines is 1. The van der Waals surface area contributed by atoms with Crippen LogP contribution in [0, 0.1) is 5.92 Å². The third-order valence-corrected chi connectivity index (χ3v) is 3.79. The Hall–Kier alpha value is -0.800. The van der Waals surface area contributed by atoms with Gasteiger partial charge in [0, 0.05) is 25.3 Å². The first kappa shape index (κ1) is 14.6. The third kappa shape index (κ3) is 4.36. The average molecular weight is 282 g/mol. The molecule has 1 atom stereocenters. The summed E-state index contributed by atoms with van der Waals surface area (Å²) in [7, 11) is 0. The molecule has 0 bridgehead atoms. The van der Waals surface area contributed by atoms with Crippen LogP contribution in [0.3, 0.4) is 0 Å². The molecule has 1 aromatic heterocycles. The predicted molar refractivity (Wildman–Crippen MR) is 81.9 cm³/mol. The van der Waals surface area contributed by atoms with E-state index in [1.165, 1.54) is 19.3 Å². The first-order valence-corrected chi connectivity index (χ1v) is 7.63. The van der Waals surface area contributed by atoms with Crippen molar-refractivity contribution < 1.29 is 0 Å². The minimum atomic E-state index is 0.557. The molecule has 1 aliphatic heterocycles. The molecule has 1 saturated heterocycles. The van der Waals surface area contributed by atoms with Gasteiger partial charge in [-0.25, -0.2) is 4.98 Å². The van der Waals surface area contributed by atoms with Crippen molar-refractivity contribution in [2.24, 2.45) is 5.92 Å². The highest BCUT2D eigenvalue weighted by atomic mass is 35.5. The smallest absolute Gasteiger partial charge is 0.128 e. The first-order valence-electron chi connectivity index (χ1n) is 7.25. The molecule has 0 aliphatic carbocycles. The molecule has 4 heteroatoms. The van der Waals surface area contributed by atoms with E-state index in [1.54, 1.807) is 6.20 Å². The Balaban J connectivity index is 1.97. The van der Waals surface area contributed by atoms with Crippen molar-refractivity contribution in [3.05, 3.63) is 23.4 Å². The summed E-state index contributed by atoms with van der Waals surface area (Å²) in [4.78, 5) is 6.89. The Labute approximate surface area is 121 Å². The first-order chi connectivity index (χ1) is 9.16. The summed E-state index contributed by atoms with van der Waals surface area (Å²) in [5.74, 6) is 1.76. The van der Waals surface area contributed by atoms with Gasteiger partial charge in [-0.2, -0.15) is 0 Å². The van der Waals surface area contributed by atoms with Crippen LogP contribution >= 0.6 is 11.6 Å². The van der Waals surface area contributed by atoms with Gasteiger partial charge in [-0.1, -0.05) is 25.4 Å². The number of hydrogen-bond acceptors (Lipinski definition) is 3. The van der Waals surface area contributed by atoms with Crippen molar-refractivity contribution in [3.63, 3.8) is 0 Å². The third-order valence-electron chi connectivity index (χ3n) is 3.57. The Morgan fingerprint density at radius 2 is 2.26 bits per heavy atom. The fraction of sp³-hybridized carbons (Fsp3) is 0.667. The summed E-state index contributed by atoms with van der Waals surface area (Å²) in [6, 6.07) is 4.52. The summed E-state index contributed by atoms with van der Waals surface area (Å²) in [5, 5.41) is 4.27. The van der Waals surface area contributed by atoms with Crippen LogP contribution in [0.25, 0.3) is 0 Å². The van der Waals surface area contributed by atoms with Crippen LogP contribution in [-0.4, -0.2) is 30.7 Å². The van der Waals surface area contributed by atoms with Gasteiger partial charge in [0.25, 0.3) is 0 Å². The molecular weight excluding hydrogens is 258 g/mol. The van der Waals surface area contributed by atoms with Crippen molar-refractivity contribution in [1.29, 1.82) is 0 Å². The molecule has 106 valence electrons. The number of pyridine rings is 1. The van der Waals surface area contributed by atoms with Gasteiger partial charge in [-0.05, 0) is 43.9 Å². The van der Waals surface area contributed by atoms with Crippen LogP contribution in [0.1, 0.15) is 33.1 Å². The van der Waals surface area contributed by atoms with E-state index in [2.05, 4.69) is 29.0 Å². The number of hydrogen-bond donors (Lipinski definition) is 1. The molecule has 1 N–H and O–H groups in total. The molecule has 0 amide bonds. The maximum absolute atomic E-state index is 5.91. The van der Waals surface area contributed by atoms with Crippen LogP contribution in [-0.2, 0) is 0 Å². The lowest BCUT2D eigenvalue weighted by Crippen LogP contribution is -2.46. The van der Waals surface area contributed by atoms with Gasteiger partial charge in [0.15, 0.2) is 0 Å². The molecule has 0 aromatic carbocycles. The van der Waals surface area contributed by atoms with Gasteiger partial charge in [-0.3, -0.25) is 0 Å². The summed E-state index contributed by atoms with van der Waals surface area (Å²) in [6.45, 7) is 7.71. The molecule has 3 nitrogen and oxygen atoms in total. The second kappa shape index (κ2) is 7.11. The zero-order valence-corrected chi connectivity index (χ0v) is 12.7. The standard InChI is InChI=1S/C15H24ClN3/c1-12(2)9-17-11-14-5-3-4-8-19(14)15-7-6-13(16)10-18-15/h6-7,10,12,14,17H,3-5,8-9,11H2,1-2H3. The van der Waals surface area contributed by atoms with Crippen LogP contribution in [0.4, 0.5) is 5.82 Å². The second-order valence-corrected chi connectivity index (χ2v) is 6.17. The quantitative estimate of drug-likeness (QED) is 0.897. The Bertz CT molecular complexity index is 377. The van der Waals surface area contributed by atoms with Gasteiger partial charge < -0.3 is 10.2 Å². The molecular formula is C15H24ClN3. The van der Waals surface area contributed by atoms with E-state index in [0.717, 1.165) is 25.5 Å². The Morgan fingerprint density at radius 1 is 1.42 bits per heavy atom.